The third kappa shape index (κ3) is 3.31. The molecular weight excluding hydrogens is 380 g/mol. The Hall–Kier alpha value is -2.07. The number of amides is 3. The van der Waals surface area contributed by atoms with E-state index in [-0.39, 0.29) is 36.7 Å². The molecule has 2 saturated heterocycles. The first-order valence-corrected chi connectivity index (χ1v) is 10.1. The van der Waals surface area contributed by atoms with Crippen LogP contribution in [0.15, 0.2) is 23.1 Å². The Morgan fingerprint density at radius 3 is 2.33 bits per heavy atom. The van der Waals surface area contributed by atoms with E-state index in [0.717, 1.165) is 16.4 Å². The lowest BCUT2D eigenvalue weighted by Crippen LogP contribution is -2.57. The highest BCUT2D eigenvalue weighted by Gasteiger charge is 2.54. The first-order valence-electron chi connectivity index (χ1n) is 8.66. The van der Waals surface area contributed by atoms with E-state index in [1.54, 1.807) is 0 Å². The molecule has 0 atom stereocenters. The highest BCUT2D eigenvalue weighted by Crippen LogP contribution is 2.35. The van der Waals surface area contributed by atoms with Gasteiger partial charge in [0.25, 0.3) is 5.91 Å². The van der Waals surface area contributed by atoms with Crippen molar-refractivity contribution in [1.82, 2.24) is 14.5 Å². The highest BCUT2D eigenvalue weighted by molar-refractivity contribution is 7.89. The molecule has 2 aliphatic heterocycles. The van der Waals surface area contributed by atoms with E-state index >= 15 is 0 Å². The van der Waals surface area contributed by atoms with Crippen LogP contribution in [0, 0.1) is 17.6 Å². The topological polar surface area (TPSA) is 86.8 Å². The minimum absolute atomic E-state index is 0.00335. The van der Waals surface area contributed by atoms with E-state index in [0.29, 0.717) is 12.6 Å². The van der Waals surface area contributed by atoms with E-state index in [1.165, 1.54) is 4.90 Å². The van der Waals surface area contributed by atoms with Gasteiger partial charge in [-0.15, -0.1) is 0 Å². The average molecular weight is 401 g/mol. The molecule has 3 amide bonds. The van der Waals surface area contributed by atoms with Gasteiger partial charge in [-0.25, -0.2) is 22.0 Å². The number of nitrogens with zero attached hydrogens (tertiary/aromatic N) is 2. The Morgan fingerprint density at radius 1 is 1.15 bits per heavy atom. The molecule has 148 valence electrons. The maximum absolute atomic E-state index is 13.4. The zero-order valence-electron chi connectivity index (χ0n) is 15.0. The van der Waals surface area contributed by atoms with Crippen LogP contribution in [-0.2, 0) is 14.8 Å². The van der Waals surface area contributed by atoms with Gasteiger partial charge in [0, 0.05) is 19.6 Å². The number of hydrogen-bond acceptors (Lipinski definition) is 4. The molecule has 0 aromatic heterocycles. The molecule has 0 bridgehead atoms. The van der Waals surface area contributed by atoms with Crippen LogP contribution < -0.4 is 5.32 Å². The molecule has 1 aromatic carbocycles. The summed E-state index contributed by atoms with van der Waals surface area (Å²) >= 11 is 0. The number of halogens is 2. The predicted molar refractivity (Wildman–Crippen MR) is 92.2 cm³/mol. The van der Waals surface area contributed by atoms with Crippen LogP contribution in [0.25, 0.3) is 0 Å². The fraction of sp³-hybridized carbons (Fsp3) is 0.529. The fourth-order valence-corrected chi connectivity index (χ4v) is 5.05. The largest absolute Gasteiger partial charge is 0.325 e. The third-order valence-electron chi connectivity index (χ3n) is 5.03. The molecule has 0 radical (unpaired) electrons. The van der Waals surface area contributed by atoms with Gasteiger partial charge in [0.15, 0.2) is 11.6 Å². The molecule has 1 spiro atoms. The molecule has 1 aromatic rings. The Labute approximate surface area is 156 Å². The second kappa shape index (κ2) is 6.83. The molecule has 0 aliphatic carbocycles. The van der Waals surface area contributed by atoms with Crippen molar-refractivity contribution in [2.45, 2.75) is 37.1 Å². The van der Waals surface area contributed by atoms with Crippen molar-refractivity contribution in [3.8, 4) is 0 Å². The first kappa shape index (κ1) is 19.7. The average Bonchev–Trinajstić information content (AvgIpc) is 2.81. The first-order chi connectivity index (χ1) is 12.6. The van der Waals surface area contributed by atoms with Crippen LogP contribution in [0.3, 0.4) is 0 Å². The van der Waals surface area contributed by atoms with Gasteiger partial charge in [-0.2, -0.15) is 4.31 Å². The Bertz CT molecular complexity index is 880. The van der Waals surface area contributed by atoms with E-state index in [9.17, 15) is 26.8 Å². The minimum Gasteiger partial charge on any atom is -0.309 e. The zero-order valence-corrected chi connectivity index (χ0v) is 15.9. The fourth-order valence-electron chi connectivity index (χ4n) is 3.60. The van der Waals surface area contributed by atoms with E-state index < -0.39 is 39.1 Å². The van der Waals surface area contributed by atoms with Crippen LogP contribution in [-0.4, -0.2) is 54.7 Å². The van der Waals surface area contributed by atoms with Gasteiger partial charge in [0.2, 0.25) is 10.0 Å². The molecular formula is C17H21F2N3O4S. The van der Waals surface area contributed by atoms with Crippen molar-refractivity contribution >= 4 is 22.0 Å². The monoisotopic (exact) mass is 401 g/mol. The summed E-state index contributed by atoms with van der Waals surface area (Å²) in [5.41, 5.74) is -1.07. The molecule has 10 heteroatoms. The molecule has 1 N–H and O–H groups in total. The van der Waals surface area contributed by atoms with Gasteiger partial charge in [-0.05, 0) is 37.0 Å². The Kier molecular flexibility index (Phi) is 4.98. The molecule has 7 nitrogen and oxygen atoms in total. The van der Waals surface area contributed by atoms with Crippen molar-refractivity contribution in [2.75, 3.05) is 19.6 Å². The van der Waals surface area contributed by atoms with Crippen molar-refractivity contribution in [3.05, 3.63) is 29.8 Å². The van der Waals surface area contributed by atoms with Crippen LogP contribution >= 0.6 is 0 Å². The van der Waals surface area contributed by atoms with Gasteiger partial charge >= 0.3 is 6.03 Å². The molecule has 27 heavy (non-hydrogen) atoms. The SMILES string of the molecule is CC(C)CN1C(=O)NC(=O)C12CCN(S(=O)(=O)c1ccc(F)c(F)c1)CC2. The van der Waals surface area contributed by atoms with Crippen molar-refractivity contribution < 1.29 is 26.8 Å². The molecule has 2 heterocycles. The lowest BCUT2D eigenvalue weighted by Gasteiger charge is -2.42. The number of benzene rings is 1. The van der Waals surface area contributed by atoms with Crippen LogP contribution in [0.5, 0.6) is 0 Å². The highest BCUT2D eigenvalue weighted by atomic mass is 32.2. The number of urea groups is 1. The van der Waals surface area contributed by atoms with Crippen molar-refractivity contribution in [3.63, 3.8) is 0 Å². The van der Waals surface area contributed by atoms with Gasteiger partial charge in [0.1, 0.15) is 5.54 Å². The maximum atomic E-state index is 13.4. The molecule has 2 fully saturated rings. The summed E-state index contributed by atoms with van der Waals surface area (Å²) in [5.74, 6) is -2.65. The summed E-state index contributed by atoms with van der Waals surface area (Å²) in [4.78, 5) is 25.7. The lowest BCUT2D eigenvalue weighted by atomic mass is 9.86. The summed E-state index contributed by atoms with van der Waals surface area (Å²) in [6.07, 6.45) is 0.278. The number of rotatable bonds is 4. The summed E-state index contributed by atoms with van der Waals surface area (Å²) in [7, 11) is -4.03. The Morgan fingerprint density at radius 2 is 1.78 bits per heavy atom. The summed E-state index contributed by atoms with van der Waals surface area (Å²) in [6, 6.07) is 1.95. The van der Waals surface area contributed by atoms with E-state index in [2.05, 4.69) is 5.32 Å². The zero-order chi connectivity index (χ0) is 20.0. The molecule has 0 unspecified atom stereocenters. The summed E-state index contributed by atoms with van der Waals surface area (Å²) in [6.45, 7) is 4.22. The quantitative estimate of drug-likeness (QED) is 0.778. The molecule has 2 aliphatic rings. The smallest absolute Gasteiger partial charge is 0.309 e. The third-order valence-corrected chi connectivity index (χ3v) is 6.93. The van der Waals surface area contributed by atoms with E-state index in [4.69, 9.17) is 0 Å². The standard InChI is InChI=1S/C17H21F2N3O4S/c1-11(2)10-22-16(24)20-15(23)17(22)5-7-21(8-6-17)27(25,26)12-3-4-13(18)14(19)9-12/h3-4,9,11H,5-8,10H2,1-2H3,(H,20,23,24). The lowest BCUT2D eigenvalue weighted by molar-refractivity contribution is -0.128. The number of sulfonamides is 1. The number of imide groups is 1. The minimum atomic E-state index is -4.03. The Balaban J connectivity index is 1.82. The number of hydrogen-bond donors (Lipinski definition) is 1. The normalized spacial score (nSPS) is 20.6. The number of carbonyl (C=O) groups is 2. The van der Waals surface area contributed by atoms with Crippen LogP contribution in [0.4, 0.5) is 13.6 Å². The van der Waals surface area contributed by atoms with Gasteiger partial charge < -0.3 is 4.90 Å². The van der Waals surface area contributed by atoms with Crippen LogP contribution in [0.2, 0.25) is 0 Å². The predicted octanol–water partition coefficient (Wildman–Crippen LogP) is 1.70. The van der Waals surface area contributed by atoms with Crippen LogP contribution in [0.1, 0.15) is 26.7 Å². The number of carbonyl (C=O) groups excluding carboxylic acids is 2. The summed E-state index contributed by atoms with van der Waals surface area (Å²) < 4.78 is 53.1. The number of nitrogens with one attached hydrogen (secondary N) is 1. The second-order valence-electron chi connectivity index (χ2n) is 7.28. The van der Waals surface area contributed by atoms with Gasteiger partial charge in [0.05, 0.1) is 4.90 Å². The second-order valence-corrected chi connectivity index (χ2v) is 9.21. The number of piperidine rings is 1. The molecule has 3 rings (SSSR count). The van der Waals surface area contributed by atoms with Crippen molar-refractivity contribution in [2.24, 2.45) is 5.92 Å². The van der Waals surface area contributed by atoms with Gasteiger partial charge in [-0.1, -0.05) is 13.8 Å². The summed E-state index contributed by atoms with van der Waals surface area (Å²) in [5, 5.41) is 2.32. The van der Waals surface area contributed by atoms with E-state index in [1.807, 2.05) is 13.8 Å². The van der Waals surface area contributed by atoms with Gasteiger partial charge in [-0.3, -0.25) is 10.1 Å². The van der Waals surface area contributed by atoms with Crippen molar-refractivity contribution in [1.29, 1.82) is 0 Å². The maximum Gasteiger partial charge on any atom is 0.325 e. The molecule has 0 saturated carbocycles.